The minimum absolute atomic E-state index is 0.0242. The number of carbonyl (C=O) groups excluding carboxylic acids is 1. The molecule has 1 saturated heterocycles. The highest BCUT2D eigenvalue weighted by molar-refractivity contribution is 9.10. The molecule has 1 amide bonds. The lowest BCUT2D eigenvalue weighted by Gasteiger charge is -2.45. The predicted molar refractivity (Wildman–Crippen MR) is 120 cm³/mol. The highest BCUT2D eigenvalue weighted by atomic mass is 79.9. The van der Waals surface area contributed by atoms with E-state index in [4.69, 9.17) is 9.47 Å². The number of amides is 1. The van der Waals surface area contributed by atoms with Crippen molar-refractivity contribution < 1.29 is 18.9 Å². The van der Waals surface area contributed by atoms with Gasteiger partial charge in [0.05, 0.1) is 36.3 Å². The van der Waals surface area contributed by atoms with Crippen LogP contribution in [-0.2, 0) is 18.4 Å². The second-order valence-corrected chi connectivity index (χ2v) is 8.57. The highest BCUT2D eigenvalue weighted by Crippen LogP contribution is 2.36. The van der Waals surface area contributed by atoms with Gasteiger partial charge < -0.3 is 14.7 Å². The average Bonchev–Trinajstić information content (AvgIpc) is 3.02. The molecule has 2 heterocycles. The van der Waals surface area contributed by atoms with Crippen LogP contribution in [0.3, 0.4) is 0 Å². The van der Waals surface area contributed by atoms with Crippen LogP contribution in [0.2, 0.25) is 0 Å². The molecule has 0 saturated carbocycles. The molecule has 8 nitrogen and oxygen atoms in total. The van der Waals surface area contributed by atoms with Crippen LogP contribution >= 0.6 is 15.9 Å². The van der Waals surface area contributed by atoms with Gasteiger partial charge in [-0.3, -0.25) is 13.8 Å². The van der Waals surface area contributed by atoms with Gasteiger partial charge in [0, 0.05) is 12.6 Å². The number of quaternary nitrogens is 1. The predicted octanol–water partition coefficient (Wildman–Crippen LogP) is 3.50. The average molecular weight is 490 g/mol. The van der Waals surface area contributed by atoms with E-state index in [9.17, 15) is 14.8 Å². The van der Waals surface area contributed by atoms with E-state index in [1.54, 1.807) is 57.7 Å². The molecule has 31 heavy (non-hydrogen) atoms. The molecule has 1 aliphatic rings. The number of likely N-dealkylation sites (tertiary alicyclic amines) is 1. The second kappa shape index (κ2) is 8.14. The van der Waals surface area contributed by atoms with E-state index in [1.165, 1.54) is 9.13 Å². The zero-order valence-corrected chi connectivity index (χ0v) is 19.2. The molecule has 4 rings (SSSR count). The van der Waals surface area contributed by atoms with Gasteiger partial charge in [-0.15, -0.1) is 0 Å². The van der Waals surface area contributed by atoms with Crippen molar-refractivity contribution in [2.75, 3.05) is 20.8 Å². The molecule has 0 N–H and O–H groups in total. The van der Waals surface area contributed by atoms with Crippen LogP contribution in [0.15, 0.2) is 45.7 Å². The summed E-state index contributed by atoms with van der Waals surface area (Å²) in [7, 11) is 4.77. The first-order valence-corrected chi connectivity index (χ1v) is 10.8. The Morgan fingerprint density at radius 1 is 1.13 bits per heavy atom. The Balaban J connectivity index is 1.74. The minimum Gasteiger partial charge on any atom is -0.625 e. The number of ether oxygens (including phenoxy) is 2. The van der Waals surface area contributed by atoms with E-state index >= 15 is 0 Å². The molecule has 1 aromatic heterocycles. The van der Waals surface area contributed by atoms with E-state index < -0.39 is 16.6 Å². The lowest BCUT2D eigenvalue weighted by molar-refractivity contribution is -0.823. The number of benzene rings is 2. The third kappa shape index (κ3) is 3.56. The largest absolute Gasteiger partial charge is 0.625 e. The van der Waals surface area contributed by atoms with Crippen LogP contribution in [0.5, 0.6) is 11.5 Å². The van der Waals surface area contributed by atoms with Crippen LogP contribution < -0.4 is 15.2 Å². The number of imidazole rings is 1. The summed E-state index contributed by atoms with van der Waals surface area (Å²) < 4.78 is 13.1. The molecule has 0 aliphatic carbocycles. The first kappa shape index (κ1) is 21.6. The van der Waals surface area contributed by atoms with E-state index in [0.29, 0.717) is 39.8 Å². The molecule has 2 unspecified atom stereocenters. The molecule has 1 fully saturated rings. The van der Waals surface area contributed by atoms with Crippen LogP contribution in [-0.4, -0.2) is 40.5 Å². The van der Waals surface area contributed by atoms with Crippen molar-refractivity contribution in [3.63, 3.8) is 0 Å². The zero-order chi connectivity index (χ0) is 22.3. The van der Waals surface area contributed by atoms with Crippen LogP contribution in [0.4, 0.5) is 0 Å². The Bertz CT molecular complexity index is 1200. The van der Waals surface area contributed by atoms with Crippen molar-refractivity contribution in [2.24, 2.45) is 7.05 Å². The molecular formula is C22H24BrN3O5. The maximum atomic E-state index is 13.6. The van der Waals surface area contributed by atoms with Crippen molar-refractivity contribution in [1.82, 2.24) is 9.13 Å². The number of hydrogen-bond acceptors (Lipinski definition) is 5. The molecular weight excluding hydrogens is 466 g/mol. The number of rotatable bonds is 5. The lowest BCUT2D eigenvalue weighted by atomic mass is 10.0. The molecule has 2 atom stereocenters. The summed E-state index contributed by atoms with van der Waals surface area (Å²) in [6, 6.07) is 9.81. The van der Waals surface area contributed by atoms with E-state index in [1.807, 2.05) is 0 Å². The molecule has 0 bridgehead atoms. The van der Waals surface area contributed by atoms with Gasteiger partial charge >= 0.3 is 11.6 Å². The number of aryl methyl sites for hydroxylation is 1. The lowest BCUT2D eigenvalue weighted by Crippen LogP contribution is -2.55. The fraction of sp³-hybridized carbons (Fsp3) is 0.364. The third-order valence-electron chi connectivity index (χ3n) is 5.96. The summed E-state index contributed by atoms with van der Waals surface area (Å²) in [5.74, 6) is 0.777. The second-order valence-electron chi connectivity index (χ2n) is 7.78. The monoisotopic (exact) mass is 489 g/mol. The molecule has 9 heteroatoms. The molecule has 164 valence electrons. The Morgan fingerprint density at radius 2 is 1.84 bits per heavy atom. The van der Waals surface area contributed by atoms with Crippen molar-refractivity contribution in [2.45, 2.75) is 25.4 Å². The van der Waals surface area contributed by atoms with Gasteiger partial charge in [0.15, 0.2) is 6.04 Å². The number of aromatic nitrogens is 2. The summed E-state index contributed by atoms with van der Waals surface area (Å²) in [5, 5.41) is 13.6. The normalized spacial score (nSPS) is 21.5. The molecule has 0 radical (unpaired) electrons. The van der Waals surface area contributed by atoms with E-state index in [-0.39, 0.29) is 18.8 Å². The molecule has 0 spiro atoms. The Kier molecular flexibility index (Phi) is 5.67. The van der Waals surface area contributed by atoms with Crippen molar-refractivity contribution in [3.8, 4) is 11.5 Å². The third-order valence-corrected chi connectivity index (χ3v) is 6.73. The molecule has 3 aromatic rings. The van der Waals surface area contributed by atoms with Crippen molar-refractivity contribution in [1.29, 1.82) is 0 Å². The van der Waals surface area contributed by atoms with Crippen molar-refractivity contribution >= 4 is 32.9 Å². The topological polar surface area (TPSA) is 85.5 Å². The van der Waals surface area contributed by atoms with Gasteiger partial charge in [-0.1, -0.05) is 0 Å². The number of hydrogen-bond donors (Lipinski definition) is 0. The number of hydroxylamine groups is 3. The maximum Gasteiger partial charge on any atom is 0.337 e. The number of piperidine rings is 1. The van der Waals surface area contributed by atoms with Gasteiger partial charge in [-0.2, -0.15) is 0 Å². The summed E-state index contributed by atoms with van der Waals surface area (Å²) in [6.07, 6.45) is 1.00. The minimum atomic E-state index is -0.989. The number of carbonyl (C=O) groups is 1. The number of methoxy groups -OCH3 is 2. The van der Waals surface area contributed by atoms with Crippen LogP contribution in [0, 0.1) is 5.21 Å². The number of halogens is 1. The Morgan fingerprint density at radius 3 is 2.48 bits per heavy atom. The Labute approximate surface area is 187 Å². The van der Waals surface area contributed by atoms with Gasteiger partial charge in [0.1, 0.15) is 18.0 Å². The standard InChI is InChI=1S/C22H24BrN3O5/c1-24-20-16(10-11-18(31-3)19(20)23)25(22(24)28)17-5-4-12-26(29,21(17)27)13-14-6-8-15(30-2)9-7-14/h6-11,17H,4-5,12-13H2,1-3H3. The first-order chi connectivity index (χ1) is 14.8. The summed E-state index contributed by atoms with van der Waals surface area (Å²) in [4.78, 5) is 26.5. The molecule has 1 aliphatic heterocycles. The van der Waals surface area contributed by atoms with Gasteiger partial charge in [0.2, 0.25) is 0 Å². The van der Waals surface area contributed by atoms with E-state index in [2.05, 4.69) is 15.9 Å². The van der Waals surface area contributed by atoms with Crippen molar-refractivity contribution in [3.05, 3.63) is 62.1 Å². The fourth-order valence-corrected chi connectivity index (χ4v) is 5.10. The highest BCUT2D eigenvalue weighted by Gasteiger charge is 2.41. The fourth-order valence-electron chi connectivity index (χ4n) is 4.34. The summed E-state index contributed by atoms with van der Waals surface area (Å²) in [6.45, 7) is 0.217. The smallest absolute Gasteiger partial charge is 0.337 e. The van der Waals surface area contributed by atoms with Gasteiger partial charge in [-0.25, -0.2) is 9.59 Å². The maximum absolute atomic E-state index is 13.6. The quantitative estimate of drug-likeness (QED) is 0.404. The summed E-state index contributed by atoms with van der Waals surface area (Å²) >= 11 is 3.50. The Hall–Kier alpha value is -2.62. The first-order valence-electron chi connectivity index (χ1n) is 9.99. The number of nitrogens with zero attached hydrogens (tertiary/aromatic N) is 3. The van der Waals surface area contributed by atoms with Gasteiger partial charge in [-0.05, 0) is 65.2 Å². The SMILES string of the molecule is COc1ccc(C[N+]2([O-])CCCC(n3c(=O)n(C)c4c(Br)c(OC)ccc43)C2=O)cc1. The number of fused-ring (bicyclic) bond motifs is 1. The van der Waals surface area contributed by atoms with Crippen LogP contribution in [0.1, 0.15) is 24.4 Å². The van der Waals surface area contributed by atoms with E-state index in [0.717, 1.165) is 5.56 Å². The molecule has 2 aromatic carbocycles. The summed E-state index contributed by atoms with van der Waals surface area (Å²) in [5.41, 5.74) is 1.64. The van der Waals surface area contributed by atoms with Gasteiger partial charge in [0.25, 0.3) is 0 Å². The zero-order valence-electron chi connectivity index (χ0n) is 17.6. The van der Waals surface area contributed by atoms with Crippen LogP contribution in [0.25, 0.3) is 11.0 Å².